The average Bonchev–Trinajstić information content (AvgIpc) is 3.15. The number of benzene rings is 2. The molecule has 0 aliphatic heterocycles. The third-order valence-corrected chi connectivity index (χ3v) is 5.90. The number of aromatic nitrogens is 1. The number of hydrogen-bond donors (Lipinski definition) is 4. The Bertz CT molecular complexity index is 1240. The van der Waals surface area contributed by atoms with Crippen LogP contribution in [0.4, 0.5) is 5.69 Å². The van der Waals surface area contributed by atoms with E-state index >= 15 is 0 Å². The van der Waals surface area contributed by atoms with Crippen LogP contribution in [0.2, 0.25) is 0 Å². The number of nitriles is 1. The first-order chi connectivity index (χ1) is 16.2. The summed E-state index contributed by atoms with van der Waals surface area (Å²) >= 11 is 0. The van der Waals surface area contributed by atoms with Crippen molar-refractivity contribution in [2.24, 2.45) is 0 Å². The van der Waals surface area contributed by atoms with Crippen LogP contribution in [-0.4, -0.2) is 33.2 Å². The van der Waals surface area contributed by atoms with Crippen LogP contribution in [0.1, 0.15) is 61.2 Å². The van der Waals surface area contributed by atoms with Crippen LogP contribution in [0.5, 0.6) is 0 Å². The van der Waals surface area contributed by atoms with Crippen molar-refractivity contribution in [3.05, 3.63) is 64.8 Å². The Morgan fingerprint density at radius 3 is 2.65 bits per heavy atom. The van der Waals surface area contributed by atoms with E-state index in [1.165, 1.54) is 0 Å². The molecule has 3 rings (SSSR count). The van der Waals surface area contributed by atoms with Crippen molar-refractivity contribution in [2.45, 2.75) is 52.3 Å². The van der Waals surface area contributed by atoms with Gasteiger partial charge in [0.25, 0.3) is 0 Å². The molecule has 0 spiro atoms. The average molecular weight is 463 g/mol. The summed E-state index contributed by atoms with van der Waals surface area (Å²) in [5, 5.41) is 35.5. The topological polar surface area (TPSA) is 127 Å². The monoisotopic (exact) mass is 462 g/mol. The zero-order valence-electron chi connectivity index (χ0n) is 19.6. The first-order valence-corrected chi connectivity index (χ1v) is 11.3. The van der Waals surface area contributed by atoms with Gasteiger partial charge in [-0.3, -0.25) is 14.9 Å². The van der Waals surface area contributed by atoms with E-state index in [9.17, 15) is 20.0 Å². The first kappa shape index (κ1) is 25.0. The number of aryl methyl sites for hydroxylation is 2. The number of nitrogens with one attached hydrogen (secondary N) is 2. The zero-order chi connectivity index (χ0) is 24.8. The fourth-order valence-electron chi connectivity index (χ4n) is 4.02. The molecule has 8 heteroatoms. The van der Waals surface area contributed by atoms with Gasteiger partial charge in [-0.15, -0.1) is 0 Å². The van der Waals surface area contributed by atoms with Gasteiger partial charge in [-0.2, -0.15) is 5.26 Å². The van der Waals surface area contributed by atoms with E-state index in [1.807, 2.05) is 42.8 Å². The number of aliphatic carboxylic acids is 1. The van der Waals surface area contributed by atoms with E-state index in [0.717, 1.165) is 22.0 Å². The molecule has 2 aromatic carbocycles. The lowest BCUT2D eigenvalue weighted by Gasteiger charge is -2.18. The second kappa shape index (κ2) is 11.0. The van der Waals surface area contributed by atoms with Crippen LogP contribution >= 0.6 is 0 Å². The minimum Gasteiger partial charge on any atom is -0.481 e. The number of carbonyl (C=O) groups excluding carboxylic acids is 1. The molecule has 0 aliphatic rings. The molecule has 178 valence electrons. The molecule has 0 saturated heterocycles. The summed E-state index contributed by atoms with van der Waals surface area (Å²) in [4.78, 5) is 24.1. The molecule has 1 heterocycles. The Kier molecular flexibility index (Phi) is 8.05. The minimum absolute atomic E-state index is 0.0273. The summed E-state index contributed by atoms with van der Waals surface area (Å²) in [5.74, 6) is -1.13. The van der Waals surface area contributed by atoms with E-state index in [0.29, 0.717) is 36.2 Å². The van der Waals surface area contributed by atoms with Crippen LogP contribution in [0.3, 0.4) is 0 Å². The minimum atomic E-state index is -0.874. The van der Waals surface area contributed by atoms with E-state index in [4.69, 9.17) is 5.11 Å². The Hall–Kier alpha value is -3.67. The summed E-state index contributed by atoms with van der Waals surface area (Å²) < 4.78 is 1.88. The van der Waals surface area contributed by atoms with Crippen LogP contribution < -0.4 is 10.6 Å². The lowest BCUT2D eigenvalue weighted by Crippen LogP contribution is -2.24. The Morgan fingerprint density at radius 1 is 1.21 bits per heavy atom. The summed E-state index contributed by atoms with van der Waals surface area (Å²) in [5.41, 5.74) is 4.27. The molecule has 8 nitrogen and oxygen atoms in total. The third kappa shape index (κ3) is 5.63. The quantitative estimate of drug-likeness (QED) is 0.337. The maximum atomic E-state index is 13.3. The highest BCUT2D eigenvalue weighted by Crippen LogP contribution is 2.28. The van der Waals surface area contributed by atoms with E-state index in [2.05, 4.69) is 16.7 Å². The Balaban J connectivity index is 1.89. The summed E-state index contributed by atoms with van der Waals surface area (Å²) in [6, 6.07) is 12.2. The standard InChI is InChI=1S/C26H30N4O4/c1-4-28-26(34)20-10-11-21-16(2)15-30(23(21)13-20)17(3)25(33)29-22-12-18(14-27)8-9-19(22)6-5-7-24(31)32/h8-13,15,17,26,28,34H,4-7H2,1-3H3,(H,29,33)(H,31,32). The molecule has 0 saturated carbocycles. The van der Waals surface area contributed by atoms with Gasteiger partial charge in [-0.1, -0.05) is 25.1 Å². The summed E-state index contributed by atoms with van der Waals surface area (Å²) in [7, 11) is 0. The van der Waals surface area contributed by atoms with Crippen LogP contribution in [0.25, 0.3) is 10.9 Å². The maximum Gasteiger partial charge on any atom is 0.303 e. The highest BCUT2D eigenvalue weighted by atomic mass is 16.4. The van der Waals surface area contributed by atoms with Crippen molar-refractivity contribution in [1.82, 2.24) is 9.88 Å². The van der Waals surface area contributed by atoms with Crippen molar-refractivity contribution >= 4 is 28.5 Å². The smallest absolute Gasteiger partial charge is 0.303 e. The second-order valence-electron chi connectivity index (χ2n) is 8.35. The van der Waals surface area contributed by atoms with Gasteiger partial charge < -0.3 is 20.1 Å². The molecule has 0 bridgehead atoms. The van der Waals surface area contributed by atoms with Gasteiger partial charge in [0.15, 0.2) is 0 Å². The molecule has 34 heavy (non-hydrogen) atoms. The molecule has 1 aromatic heterocycles. The fraction of sp³-hybridized carbons (Fsp3) is 0.346. The van der Waals surface area contributed by atoms with Gasteiger partial charge in [-0.05, 0) is 68.1 Å². The molecule has 4 N–H and O–H groups in total. The number of anilines is 1. The molecular formula is C26H30N4O4. The number of fused-ring (bicyclic) bond motifs is 1. The van der Waals surface area contributed by atoms with Gasteiger partial charge >= 0.3 is 5.97 Å². The third-order valence-electron chi connectivity index (χ3n) is 5.90. The van der Waals surface area contributed by atoms with Crippen molar-refractivity contribution in [2.75, 3.05) is 11.9 Å². The normalized spacial score (nSPS) is 12.8. The van der Waals surface area contributed by atoms with Gasteiger partial charge in [0, 0.05) is 29.2 Å². The number of carboxylic acids is 1. The van der Waals surface area contributed by atoms with Gasteiger partial charge in [0.05, 0.1) is 11.6 Å². The maximum absolute atomic E-state index is 13.3. The highest BCUT2D eigenvalue weighted by Gasteiger charge is 2.20. The number of aliphatic hydroxyl groups is 1. The Labute approximate surface area is 198 Å². The zero-order valence-corrected chi connectivity index (χ0v) is 19.6. The van der Waals surface area contributed by atoms with Crippen molar-refractivity contribution in [3.63, 3.8) is 0 Å². The van der Waals surface area contributed by atoms with Crippen LogP contribution in [0, 0.1) is 18.3 Å². The molecule has 0 fully saturated rings. The fourth-order valence-corrected chi connectivity index (χ4v) is 4.02. The molecular weight excluding hydrogens is 432 g/mol. The van der Waals surface area contributed by atoms with Gasteiger partial charge in [0.1, 0.15) is 12.3 Å². The van der Waals surface area contributed by atoms with E-state index in [-0.39, 0.29) is 12.3 Å². The van der Waals surface area contributed by atoms with Gasteiger partial charge in [-0.25, -0.2) is 0 Å². The van der Waals surface area contributed by atoms with Crippen LogP contribution in [-0.2, 0) is 16.0 Å². The number of carbonyl (C=O) groups is 2. The lowest BCUT2D eigenvalue weighted by atomic mass is 10.0. The van der Waals surface area contributed by atoms with E-state index < -0.39 is 18.2 Å². The molecule has 0 aliphatic carbocycles. The largest absolute Gasteiger partial charge is 0.481 e. The van der Waals surface area contributed by atoms with Crippen molar-refractivity contribution in [3.8, 4) is 6.07 Å². The number of carboxylic acid groups (broad SMARTS) is 1. The SMILES string of the molecule is CCNC(O)c1ccc2c(C)cn(C(C)C(=O)Nc3cc(C#N)ccc3CCCC(=O)O)c2c1. The summed E-state index contributed by atoms with van der Waals surface area (Å²) in [6.45, 7) is 6.30. The molecule has 2 unspecified atom stereocenters. The highest BCUT2D eigenvalue weighted by molar-refractivity contribution is 5.96. The van der Waals surface area contributed by atoms with Crippen molar-refractivity contribution < 1.29 is 19.8 Å². The number of nitrogens with zero attached hydrogens (tertiary/aromatic N) is 2. The second-order valence-corrected chi connectivity index (χ2v) is 8.35. The van der Waals surface area contributed by atoms with Crippen LogP contribution in [0.15, 0.2) is 42.6 Å². The molecule has 1 amide bonds. The van der Waals surface area contributed by atoms with Crippen molar-refractivity contribution in [1.29, 1.82) is 5.26 Å². The van der Waals surface area contributed by atoms with Gasteiger partial charge in [0.2, 0.25) is 5.91 Å². The first-order valence-electron chi connectivity index (χ1n) is 11.3. The number of aliphatic hydroxyl groups excluding tert-OH is 1. The summed E-state index contributed by atoms with van der Waals surface area (Å²) in [6.07, 6.45) is 2.04. The molecule has 2 atom stereocenters. The molecule has 3 aromatic rings. The Morgan fingerprint density at radius 2 is 1.97 bits per heavy atom. The molecule has 0 radical (unpaired) electrons. The number of hydrogen-bond acceptors (Lipinski definition) is 5. The number of rotatable bonds is 10. The lowest BCUT2D eigenvalue weighted by molar-refractivity contribution is -0.137. The number of amides is 1. The predicted molar refractivity (Wildman–Crippen MR) is 130 cm³/mol. The van der Waals surface area contributed by atoms with E-state index in [1.54, 1.807) is 25.1 Å². The predicted octanol–water partition coefficient (Wildman–Crippen LogP) is 4.03.